The van der Waals surface area contributed by atoms with E-state index in [2.05, 4.69) is 52.0 Å². The molecular formula is C15H23Cl. The van der Waals surface area contributed by atoms with Crippen LogP contribution in [-0.4, -0.2) is 5.38 Å². The van der Waals surface area contributed by atoms with Crippen molar-refractivity contribution in [3.63, 3.8) is 0 Å². The van der Waals surface area contributed by atoms with Gasteiger partial charge in [0, 0.05) is 5.38 Å². The summed E-state index contributed by atoms with van der Waals surface area (Å²) >= 11 is 6.11. The fourth-order valence-corrected chi connectivity index (χ4v) is 2.64. The van der Waals surface area contributed by atoms with Crippen molar-refractivity contribution in [3.8, 4) is 0 Å². The molecule has 0 aliphatic heterocycles. The summed E-state index contributed by atoms with van der Waals surface area (Å²) in [6, 6.07) is 8.94. The largest absolute Gasteiger partial charge is 0.123 e. The van der Waals surface area contributed by atoms with Crippen LogP contribution >= 0.6 is 11.6 Å². The number of hydrogen-bond acceptors (Lipinski definition) is 0. The lowest BCUT2D eigenvalue weighted by Crippen LogP contribution is -2.21. The van der Waals surface area contributed by atoms with E-state index in [0.29, 0.717) is 0 Å². The van der Waals surface area contributed by atoms with E-state index in [4.69, 9.17) is 11.6 Å². The minimum atomic E-state index is 0.172. The van der Waals surface area contributed by atoms with Crippen molar-refractivity contribution in [2.45, 2.75) is 57.7 Å². The number of rotatable bonds is 5. The number of benzene rings is 1. The fraction of sp³-hybridized carbons (Fsp3) is 0.600. The van der Waals surface area contributed by atoms with Gasteiger partial charge in [-0.05, 0) is 36.3 Å². The third kappa shape index (κ3) is 3.83. The molecule has 0 N–H and O–H groups in total. The molecule has 0 saturated carbocycles. The normalized spacial score (nSPS) is 13.8. The van der Waals surface area contributed by atoms with Crippen molar-refractivity contribution in [3.05, 3.63) is 35.4 Å². The van der Waals surface area contributed by atoms with E-state index in [1.807, 2.05) is 0 Å². The van der Waals surface area contributed by atoms with Crippen LogP contribution in [0.5, 0.6) is 0 Å². The molecular weight excluding hydrogens is 216 g/mol. The SMILES string of the molecule is CCCc1cccc(C(C)(C)CC(C)Cl)c1. The Morgan fingerprint density at radius 3 is 2.56 bits per heavy atom. The summed E-state index contributed by atoms with van der Waals surface area (Å²) in [5.74, 6) is 0. The topological polar surface area (TPSA) is 0 Å². The molecule has 16 heavy (non-hydrogen) atoms. The van der Waals surface area contributed by atoms with Gasteiger partial charge in [-0.15, -0.1) is 11.6 Å². The molecule has 1 aromatic rings. The van der Waals surface area contributed by atoms with Gasteiger partial charge in [-0.3, -0.25) is 0 Å². The highest BCUT2D eigenvalue weighted by Gasteiger charge is 2.22. The lowest BCUT2D eigenvalue weighted by molar-refractivity contribution is 0.476. The second-order valence-electron chi connectivity index (χ2n) is 5.32. The molecule has 0 bridgehead atoms. The highest BCUT2D eigenvalue weighted by atomic mass is 35.5. The molecule has 0 fully saturated rings. The lowest BCUT2D eigenvalue weighted by Gasteiger charge is -2.27. The van der Waals surface area contributed by atoms with E-state index in [1.54, 1.807) is 0 Å². The van der Waals surface area contributed by atoms with E-state index < -0.39 is 0 Å². The maximum Gasteiger partial charge on any atom is 0.0316 e. The van der Waals surface area contributed by atoms with Gasteiger partial charge in [0.25, 0.3) is 0 Å². The summed E-state index contributed by atoms with van der Waals surface area (Å²) in [4.78, 5) is 0. The summed E-state index contributed by atoms with van der Waals surface area (Å²) in [6.45, 7) is 8.84. The Hall–Kier alpha value is -0.490. The highest BCUT2D eigenvalue weighted by Crippen LogP contribution is 2.30. The van der Waals surface area contributed by atoms with Crippen molar-refractivity contribution in [2.75, 3.05) is 0 Å². The van der Waals surface area contributed by atoms with E-state index in [1.165, 1.54) is 24.0 Å². The van der Waals surface area contributed by atoms with Crippen molar-refractivity contribution in [2.24, 2.45) is 0 Å². The Kier molecular flexibility index (Phi) is 4.86. The van der Waals surface area contributed by atoms with Crippen LogP contribution < -0.4 is 0 Å². The van der Waals surface area contributed by atoms with Gasteiger partial charge in [0.15, 0.2) is 0 Å². The maximum absolute atomic E-state index is 6.11. The number of hydrogen-bond donors (Lipinski definition) is 0. The fourth-order valence-electron chi connectivity index (χ4n) is 2.26. The van der Waals surface area contributed by atoms with Gasteiger partial charge in [0.05, 0.1) is 0 Å². The molecule has 0 nitrogen and oxygen atoms in total. The van der Waals surface area contributed by atoms with Gasteiger partial charge < -0.3 is 0 Å². The number of alkyl halides is 1. The van der Waals surface area contributed by atoms with Crippen LogP contribution in [0.3, 0.4) is 0 Å². The minimum Gasteiger partial charge on any atom is -0.123 e. The molecule has 1 heteroatoms. The smallest absolute Gasteiger partial charge is 0.0316 e. The third-order valence-corrected chi connectivity index (χ3v) is 3.19. The first-order valence-corrected chi connectivity index (χ1v) is 6.63. The van der Waals surface area contributed by atoms with Gasteiger partial charge in [0.2, 0.25) is 0 Å². The summed E-state index contributed by atoms with van der Waals surface area (Å²) < 4.78 is 0. The monoisotopic (exact) mass is 238 g/mol. The molecule has 1 atom stereocenters. The van der Waals surface area contributed by atoms with Gasteiger partial charge in [-0.2, -0.15) is 0 Å². The predicted molar refractivity (Wildman–Crippen MR) is 73.4 cm³/mol. The maximum atomic E-state index is 6.11. The molecule has 1 unspecified atom stereocenters. The molecule has 0 saturated heterocycles. The summed E-state index contributed by atoms with van der Waals surface area (Å²) in [6.07, 6.45) is 3.39. The van der Waals surface area contributed by atoms with E-state index in [9.17, 15) is 0 Å². The first-order valence-electron chi connectivity index (χ1n) is 6.19. The Morgan fingerprint density at radius 2 is 2.00 bits per heavy atom. The van der Waals surface area contributed by atoms with Gasteiger partial charge in [0.1, 0.15) is 0 Å². The Morgan fingerprint density at radius 1 is 1.31 bits per heavy atom. The predicted octanol–water partition coefficient (Wildman–Crippen LogP) is 4.93. The third-order valence-electron chi connectivity index (χ3n) is 3.04. The zero-order chi connectivity index (χ0) is 12.2. The molecule has 0 aromatic heterocycles. The van der Waals surface area contributed by atoms with Crippen molar-refractivity contribution in [1.82, 2.24) is 0 Å². The average Bonchev–Trinajstić information content (AvgIpc) is 2.16. The molecule has 1 aromatic carbocycles. The van der Waals surface area contributed by atoms with Crippen molar-refractivity contribution in [1.29, 1.82) is 0 Å². The van der Waals surface area contributed by atoms with Gasteiger partial charge in [-0.25, -0.2) is 0 Å². The van der Waals surface area contributed by atoms with Crippen LogP contribution in [0.1, 0.15) is 51.7 Å². The van der Waals surface area contributed by atoms with Crippen LogP contribution in [0.4, 0.5) is 0 Å². The second-order valence-corrected chi connectivity index (χ2v) is 6.06. The van der Waals surface area contributed by atoms with Crippen LogP contribution in [0.15, 0.2) is 24.3 Å². The minimum absolute atomic E-state index is 0.172. The van der Waals surface area contributed by atoms with E-state index >= 15 is 0 Å². The van der Waals surface area contributed by atoms with E-state index in [0.717, 1.165) is 6.42 Å². The molecule has 0 amide bonds. The standard InChI is InChI=1S/C15H23Cl/c1-5-7-13-8-6-9-14(10-13)15(3,4)11-12(2)16/h6,8-10,12H,5,7,11H2,1-4H3. The zero-order valence-corrected chi connectivity index (χ0v) is 11.6. The summed E-state index contributed by atoms with van der Waals surface area (Å²) in [5.41, 5.74) is 3.02. The molecule has 0 radical (unpaired) electrons. The van der Waals surface area contributed by atoms with Gasteiger partial charge in [-0.1, -0.05) is 51.5 Å². The van der Waals surface area contributed by atoms with Crippen LogP contribution in [-0.2, 0) is 11.8 Å². The molecule has 1 rings (SSSR count). The second kappa shape index (κ2) is 5.72. The van der Waals surface area contributed by atoms with Gasteiger partial charge >= 0.3 is 0 Å². The first kappa shape index (κ1) is 13.6. The number of halogens is 1. The van der Waals surface area contributed by atoms with Crippen molar-refractivity contribution >= 4 is 11.6 Å². The average molecular weight is 239 g/mol. The molecule has 0 aliphatic carbocycles. The number of aryl methyl sites for hydroxylation is 1. The zero-order valence-electron chi connectivity index (χ0n) is 10.9. The highest BCUT2D eigenvalue weighted by molar-refractivity contribution is 6.20. The Balaban J connectivity index is 2.89. The molecule has 0 heterocycles. The molecule has 0 aliphatic rings. The summed E-state index contributed by atoms with van der Waals surface area (Å²) in [7, 11) is 0. The summed E-state index contributed by atoms with van der Waals surface area (Å²) in [5, 5.41) is 0.227. The Bertz CT molecular complexity index is 326. The van der Waals surface area contributed by atoms with Crippen LogP contribution in [0.25, 0.3) is 0 Å². The van der Waals surface area contributed by atoms with Crippen LogP contribution in [0, 0.1) is 0 Å². The lowest BCUT2D eigenvalue weighted by atomic mass is 9.80. The Labute approximate surface area is 105 Å². The van der Waals surface area contributed by atoms with Crippen molar-refractivity contribution < 1.29 is 0 Å². The molecule has 90 valence electrons. The first-order chi connectivity index (χ1) is 7.45. The molecule has 0 spiro atoms. The quantitative estimate of drug-likeness (QED) is 0.638. The van der Waals surface area contributed by atoms with Crippen LogP contribution in [0.2, 0.25) is 0 Å². The van der Waals surface area contributed by atoms with E-state index in [-0.39, 0.29) is 10.8 Å².